The van der Waals surface area contributed by atoms with Gasteiger partial charge in [-0.25, -0.2) is 0 Å². The fourth-order valence-corrected chi connectivity index (χ4v) is 1.82. The fraction of sp³-hybridized carbons (Fsp3) is 0.529. The molecular weight excluding hydrogens is 252 g/mol. The Morgan fingerprint density at radius 1 is 1.50 bits per heavy atom. The summed E-state index contributed by atoms with van der Waals surface area (Å²) in [5, 5.41) is 8.18. The number of benzene rings is 1. The summed E-state index contributed by atoms with van der Waals surface area (Å²) in [5.74, 6) is -0.887. The SMILES string of the molecule is CCC(C)C(=O)O.[CH2]C(C)(CC1CO1)c1ccccc1. The molecule has 1 heterocycles. The van der Waals surface area contributed by atoms with Crippen LogP contribution < -0.4 is 0 Å². The number of aliphatic carboxylic acids is 1. The van der Waals surface area contributed by atoms with Crippen molar-refractivity contribution < 1.29 is 14.6 Å². The van der Waals surface area contributed by atoms with E-state index in [1.807, 2.05) is 13.0 Å². The van der Waals surface area contributed by atoms with Gasteiger partial charge in [0.25, 0.3) is 0 Å². The van der Waals surface area contributed by atoms with Crippen molar-refractivity contribution >= 4 is 5.97 Å². The smallest absolute Gasteiger partial charge is 0.306 e. The van der Waals surface area contributed by atoms with Crippen LogP contribution in [0, 0.1) is 12.8 Å². The van der Waals surface area contributed by atoms with E-state index in [-0.39, 0.29) is 11.3 Å². The topological polar surface area (TPSA) is 49.8 Å². The maximum absolute atomic E-state index is 9.93. The molecule has 1 aliphatic heterocycles. The predicted octanol–water partition coefficient (Wildman–Crippen LogP) is 3.68. The second-order valence-electron chi connectivity index (χ2n) is 5.73. The molecule has 1 radical (unpaired) electrons. The molecule has 0 aromatic heterocycles. The lowest BCUT2D eigenvalue weighted by Gasteiger charge is -2.23. The van der Waals surface area contributed by atoms with Gasteiger partial charge in [0.2, 0.25) is 0 Å². The van der Waals surface area contributed by atoms with Crippen LogP contribution in [0.25, 0.3) is 0 Å². The Labute approximate surface area is 122 Å². The predicted molar refractivity (Wildman–Crippen MR) is 80.6 cm³/mol. The first-order chi connectivity index (χ1) is 9.36. The maximum atomic E-state index is 9.93. The van der Waals surface area contributed by atoms with Crippen molar-refractivity contribution in [2.75, 3.05) is 6.61 Å². The zero-order valence-electron chi connectivity index (χ0n) is 12.6. The summed E-state index contributed by atoms with van der Waals surface area (Å²) in [6.45, 7) is 10.9. The Balaban J connectivity index is 0.000000246. The third-order valence-electron chi connectivity index (χ3n) is 3.59. The molecule has 3 heteroatoms. The summed E-state index contributed by atoms with van der Waals surface area (Å²) in [6, 6.07) is 10.4. The molecule has 2 rings (SSSR count). The zero-order valence-corrected chi connectivity index (χ0v) is 12.6. The molecule has 0 saturated carbocycles. The highest BCUT2D eigenvalue weighted by Crippen LogP contribution is 2.32. The van der Waals surface area contributed by atoms with Gasteiger partial charge >= 0.3 is 5.97 Å². The molecule has 1 aliphatic rings. The van der Waals surface area contributed by atoms with E-state index in [4.69, 9.17) is 9.84 Å². The highest BCUT2D eigenvalue weighted by Gasteiger charge is 2.32. The number of hydrogen-bond acceptors (Lipinski definition) is 2. The normalized spacial score (nSPS) is 18.7. The first-order valence-corrected chi connectivity index (χ1v) is 7.12. The van der Waals surface area contributed by atoms with E-state index in [1.165, 1.54) is 5.56 Å². The van der Waals surface area contributed by atoms with E-state index in [0.29, 0.717) is 6.10 Å². The summed E-state index contributed by atoms with van der Waals surface area (Å²) in [4.78, 5) is 9.93. The van der Waals surface area contributed by atoms with E-state index >= 15 is 0 Å². The summed E-state index contributed by atoms with van der Waals surface area (Å²) < 4.78 is 5.23. The van der Waals surface area contributed by atoms with Gasteiger partial charge in [-0.2, -0.15) is 0 Å². The van der Waals surface area contributed by atoms with Gasteiger partial charge in [0.05, 0.1) is 18.6 Å². The number of carboxylic acids is 1. The third-order valence-corrected chi connectivity index (χ3v) is 3.59. The van der Waals surface area contributed by atoms with Gasteiger partial charge in [0.15, 0.2) is 0 Å². The van der Waals surface area contributed by atoms with Crippen LogP contribution >= 0.6 is 0 Å². The van der Waals surface area contributed by atoms with Crippen LogP contribution in [0.3, 0.4) is 0 Å². The summed E-state index contributed by atoms with van der Waals surface area (Å²) in [5.41, 5.74) is 1.30. The molecule has 0 bridgehead atoms. The molecule has 3 atom stereocenters. The van der Waals surface area contributed by atoms with Crippen molar-refractivity contribution in [3.8, 4) is 0 Å². The van der Waals surface area contributed by atoms with Crippen LogP contribution in [0.5, 0.6) is 0 Å². The molecule has 0 spiro atoms. The van der Waals surface area contributed by atoms with Crippen molar-refractivity contribution in [2.24, 2.45) is 5.92 Å². The van der Waals surface area contributed by atoms with Crippen LogP contribution in [0.4, 0.5) is 0 Å². The van der Waals surface area contributed by atoms with Crippen LogP contribution in [0.15, 0.2) is 30.3 Å². The third kappa shape index (κ3) is 5.74. The molecular formula is C17H25O3. The fourth-order valence-electron chi connectivity index (χ4n) is 1.82. The second kappa shape index (κ2) is 7.44. The monoisotopic (exact) mass is 277 g/mol. The average Bonchev–Trinajstić information content (AvgIpc) is 3.22. The molecule has 1 N–H and O–H groups in total. The van der Waals surface area contributed by atoms with E-state index in [2.05, 4.69) is 38.1 Å². The number of carbonyl (C=O) groups is 1. The number of ether oxygens (including phenoxy) is 1. The molecule has 3 unspecified atom stereocenters. The highest BCUT2D eigenvalue weighted by molar-refractivity contribution is 5.69. The van der Waals surface area contributed by atoms with E-state index < -0.39 is 5.97 Å². The summed E-state index contributed by atoms with van der Waals surface area (Å²) >= 11 is 0. The van der Waals surface area contributed by atoms with Crippen LogP contribution in [0.1, 0.15) is 39.2 Å². The first kappa shape index (κ1) is 16.7. The van der Waals surface area contributed by atoms with E-state index in [0.717, 1.165) is 19.4 Å². The molecule has 1 aromatic carbocycles. The molecule has 1 fully saturated rings. The molecule has 20 heavy (non-hydrogen) atoms. The molecule has 0 amide bonds. The minimum absolute atomic E-state index is 0.00241. The van der Waals surface area contributed by atoms with Crippen molar-refractivity contribution in [2.45, 2.75) is 45.1 Å². The van der Waals surface area contributed by atoms with Gasteiger partial charge < -0.3 is 9.84 Å². The van der Waals surface area contributed by atoms with E-state index in [9.17, 15) is 4.79 Å². The van der Waals surface area contributed by atoms with E-state index in [1.54, 1.807) is 6.92 Å². The van der Waals surface area contributed by atoms with Crippen molar-refractivity contribution in [1.29, 1.82) is 0 Å². The number of epoxide rings is 1. The van der Waals surface area contributed by atoms with Crippen LogP contribution in [0.2, 0.25) is 0 Å². The van der Waals surface area contributed by atoms with Crippen molar-refractivity contribution in [1.82, 2.24) is 0 Å². The molecule has 3 nitrogen and oxygen atoms in total. The van der Waals surface area contributed by atoms with Crippen molar-refractivity contribution in [3.05, 3.63) is 42.8 Å². The molecule has 111 valence electrons. The molecule has 1 aromatic rings. The largest absolute Gasteiger partial charge is 0.481 e. The van der Waals surface area contributed by atoms with Crippen LogP contribution in [-0.2, 0) is 14.9 Å². The zero-order chi connectivity index (χ0) is 15.2. The van der Waals surface area contributed by atoms with Gasteiger partial charge in [-0.1, -0.05) is 51.1 Å². The number of hydrogen-bond donors (Lipinski definition) is 1. The van der Waals surface area contributed by atoms with Crippen molar-refractivity contribution in [3.63, 3.8) is 0 Å². The lowest BCUT2D eigenvalue weighted by atomic mass is 9.81. The quantitative estimate of drug-likeness (QED) is 0.835. The minimum Gasteiger partial charge on any atom is -0.481 e. The standard InChI is InChI=1S/C12H15O.C5H10O2/c1-12(2,8-11-9-13-11)10-6-4-3-5-7-10;1-3-4(2)5(6)7/h3-7,11H,1,8-9H2,2H3;4H,3H2,1-2H3,(H,6,7). The number of carboxylic acid groups (broad SMARTS) is 1. The highest BCUT2D eigenvalue weighted by atomic mass is 16.6. The Morgan fingerprint density at radius 2 is 2.05 bits per heavy atom. The maximum Gasteiger partial charge on any atom is 0.306 e. The van der Waals surface area contributed by atoms with Crippen LogP contribution in [-0.4, -0.2) is 23.8 Å². The summed E-state index contributed by atoms with van der Waals surface area (Å²) in [7, 11) is 0. The lowest BCUT2D eigenvalue weighted by Crippen LogP contribution is -2.19. The van der Waals surface area contributed by atoms with Gasteiger partial charge in [-0.15, -0.1) is 0 Å². The number of rotatable bonds is 5. The average molecular weight is 277 g/mol. The molecule has 1 saturated heterocycles. The lowest BCUT2D eigenvalue weighted by molar-refractivity contribution is -0.141. The Hall–Kier alpha value is -1.35. The summed E-state index contributed by atoms with van der Waals surface area (Å²) in [6.07, 6.45) is 2.19. The first-order valence-electron chi connectivity index (χ1n) is 7.12. The van der Waals surface area contributed by atoms with Gasteiger partial charge in [-0.3, -0.25) is 4.79 Å². The molecule has 0 aliphatic carbocycles. The van der Waals surface area contributed by atoms with Gasteiger partial charge in [0, 0.05) is 0 Å². The Bertz CT molecular complexity index is 408. The van der Waals surface area contributed by atoms with Gasteiger partial charge in [0.1, 0.15) is 0 Å². The second-order valence-corrected chi connectivity index (χ2v) is 5.73. The Morgan fingerprint density at radius 3 is 2.40 bits per heavy atom. The Kier molecular flexibility index (Phi) is 6.21. The minimum atomic E-state index is -0.706. The van der Waals surface area contributed by atoms with Gasteiger partial charge in [-0.05, 0) is 30.7 Å².